The summed E-state index contributed by atoms with van der Waals surface area (Å²) in [4.78, 5) is 27.5. The van der Waals surface area contributed by atoms with Crippen LogP contribution in [0.2, 0.25) is 0 Å². The van der Waals surface area contributed by atoms with Crippen molar-refractivity contribution in [3.63, 3.8) is 0 Å². The first-order valence-corrected chi connectivity index (χ1v) is 11.1. The molecule has 7 heteroatoms. The Morgan fingerprint density at radius 1 is 1.14 bits per heavy atom. The van der Waals surface area contributed by atoms with Crippen molar-refractivity contribution in [3.8, 4) is 0 Å². The molecule has 2 aromatic carbocycles. The molecule has 0 spiro atoms. The Kier molecular flexibility index (Phi) is 7.39. The van der Waals surface area contributed by atoms with E-state index in [9.17, 15) is 9.59 Å². The second kappa shape index (κ2) is 9.98. The molecule has 2 N–H and O–H groups in total. The van der Waals surface area contributed by atoms with Crippen LogP contribution in [0.15, 0.2) is 57.9 Å². The number of halogens is 1. The van der Waals surface area contributed by atoms with E-state index in [0.717, 1.165) is 33.5 Å². The molecule has 1 heterocycles. The van der Waals surface area contributed by atoms with Gasteiger partial charge in [-0.2, -0.15) is 0 Å². The number of para-hydroxylation sites is 1. The second-order valence-electron chi connectivity index (χ2n) is 6.82. The third-order valence-electron chi connectivity index (χ3n) is 4.67. The minimum Gasteiger partial charge on any atom is -0.353 e. The van der Waals surface area contributed by atoms with Gasteiger partial charge < -0.3 is 15.5 Å². The van der Waals surface area contributed by atoms with Gasteiger partial charge in [0, 0.05) is 34.2 Å². The van der Waals surface area contributed by atoms with Gasteiger partial charge in [0.2, 0.25) is 5.91 Å². The molecule has 148 valence electrons. The Hall–Kier alpha value is -1.99. The molecule has 5 nitrogen and oxygen atoms in total. The fourth-order valence-electron chi connectivity index (χ4n) is 3.14. The number of aryl methyl sites for hydroxylation is 1. The lowest BCUT2D eigenvalue weighted by atomic mass is 10.1. The number of hydrogen-bond acceptors (Lipinski definition) is 3. The monoisotopic (exact) mass is 461 g/mol. The van der Waals surface area contributed by atoms with Crippen LogP contribution in [0.5, 0.6) is 0 Å². The number of rotatable bonds is 5. The Bertz CT molecular complexity index is 824. The fraction of sp³-hybridized carbons (Fsp3) is 0.333. The molecule has 28 heavy (non-hydrogen) atoms. The highest BCUT2D eigenvalue weighted by Crippen LogP contribution is 2.25. The standard InChI is InChI=1S/C21H24BrN3O2S/c1-15-13-16(22)7-8-19(15)28-14-20(26)23-18-9-11-25(12-10-18)21(27)24-17-5-3-2-4-6-17/h2-8,13,18H,9-12,14H2,1H3,(H,23,26)(H,24,27). The summed E-state index contributed by atoms with van der Waals surface area (Å²) in [6.07, 6.45) is 1.55. The molecule has 1 saturated heterocycles. The zero-order valence-corrected chi connectivity index (χ0v) is 18.2. The van der Waals surface area contributed by atoms with E-state index in [1.807, 2.05) is 49.4 Å². The number of nitrogens with one attached hydrogen (secondary N) is 2. The molecule has 0 atom stereocenters. The molecule has 3 rings (SSSR count). The summed E-state index contributed by atoms with van der Waals surface area (Å²) in [7, 11) is 0. The average molecular weight is 462 g/mol. The summed E-state index contributed by atoms with van der Waals surface area (Å²) < 4.78 is 1.04. The van der Waals surface area contributed by atoms with E-state index >= 15 is 0 Å². The van der Waals surface area contributed by atoms with Gasteiger partial charge in [0.05, 0.1) is 5.75 Å². The average Bonchev–Trinajstić information content (AvgIpc) is 2.68. The first-order chi connectivity index (χ1) is 13.5. The van der Waals surface area contributed by atoms with Gasteiger partial charge in [0.1, 0.15) is 0 Å². The summed E-state index contributed by atoms with van der Waals surface area (Å²) in [5.41, 5.74) is 1.95. The molecule has 1 aliphatic heterocycles. The number of urea groups is 1. The molecule has 0 unspecified atom stereocenters. The third-order valence-corrected chi connectivity index (χ3v) is 6.34. The molecule has 1 aliphatic rings. The molecule has 2 aromatic rings. The van der Waals surface area contributed by atoms with Crippen molar-refractivity contribution in [2.45, 2.75) is 30.7 Å². The van der Waals surface area contributed by atoms with Crippen molar-refractivity contribution in [3.05, 3.63) is 58.6 Å². The summed E-state index contributed by atoms with van der Waals surface area (Å²) in [6, 6.07) is 15.6. The molecule has 0 bridgehead atoms. The maximum absolute atomic E-state index is 12.3. The molecule has 0 aromatic heterocycles. The van der Waals surface area contributed by atoms with E-state index in [1.165, 1.54) is 0 Å². The van der Waals surface area contributed by atoms with Crippen LogP contribution in [0.4, 0.5) is 10.5 Å². The van der Waals surface area contributed by atoms with Gasteiger partial charge in [-0.3, -0.25) is 4.79 Å². The van der Waals surface area contributed by atoms with Gasteiger partial charge in [-0.1, -0.05) is 34.1 Å². The number of thioether (sulfide) groups is 1. The first kappa shape index (κ1) is 20.7. The van der Waals surface area contributed by atoms with Crippen molar-refractivity contribution >= 4 is 45.3 Å². The smallest absolute Gasteiger partial charge is 0.321 e. The predicted molar refractivity (Wildman–Crippen MR) is 118 cm³/mol. The van der Waals surface area contributed by atoms with E-state index in [-0.39, 0.29) is 18.0 Å². The number of benzene rings is 2. The fourth-order valence-corrected chi connectivity index (χ4v) is 4.43. The Labute approximate surface area is 178 Å². The first-order valence-electron chi connectivity index (χ1n) is 9.30. The highest BCUT2D eigenvalue weighted by atomic mass is 79.9. The molecule has 1 fully saturated rings. The summed E-state index contributed by atoms with van der Waals surface area (Å²) >= 11 is 5.01. The van der Waals surface area contributed by atoms with Gasteiger partial charge in [0.25, 0.3) is 0 Å². The topological polar surface area (TPSA) is 61.4 Å². The summed E-state index contributed by atoms with van der Waals surface area (Å²) in [5.74, 6) is 0.441. The number of amides is 3. The van der Waals surface area contributed by atoms with Crippen molar-refractivity contribution in [2.24, 2.45) is 0 Å². The number of likely N-dealkylation sites (tertiary alicyclic amines) is 1. The van der Waals surface area contributed by atoms with E-state index < -0.39 is 0 Å². The van der Waals surface area contributed by atoms with Crippen molar-refractivity contribution < 1.29 is 9.59 Å². The Morgan fingerprint density at radius 3 is 2.54 bits per heavy atom. The van der Waals surface area contributed by atoms with Gasteiger partial charge in [0.15, 0.2) is 0 Å². The highest BCUT2D eigenvalue weighted by molar-refractivity contribution is 9.10. The van der Waals surface area contributed by atoms with Crippen LogP contribution in [0, 0.1) is 6.92 Å². The Morgan fingerprint density at radius 2 is 1.86 bits per heavy atom. The second-order valence-corrected chi connectivity index (χ2v) is 8.76. The number of carbonyl (C=O) groups is 2. The van der Waals surface area contributed by atoms with Crippen LogP contribution >= 0.6 is 27.7 Å². The van der Waals surface area contributed by atoms with Gasteiger partial charge in [-0.15, -0.1) is 11.8 Å². The largest absolute Gasteiger partial charge is 0.353 e. The van der Waals surface area contributed by atoms with Gasteiger partial charge >= 0.3 is 6.03 Å². The van der Waals surface area contributed by atoms with E-state index in [1.54, 1.807) is 16.7 Å². The van der Waals surface area contributed by atoms with Crippen molar-refractivity contribution in [1.29, 1.82) is 0 Å². The van der Waals surface area contributed by atoms with Crippen LogP contribution in [-0.4, -0.2) is 41.7 Å². The minimum absolute atomic E-state index is 0.0412. The number of carbonyl (C=O) groups excluding carboxylic acids is 2. The zero-order valence-electron chi connectivity index (χ0n) is 15.8. The maximum atomic E-state index is 12.3. The zero-order chi connectivity index (χ0) is 19.9. The number of nitrogens with zero attached hydrogens (tertiary/aromatic N) is 1. The lowest BCUT2D eigenvalue weighted by molar-refractivity contribution is -0.119. The minimum atomic E-state index is -0.0859. The predicted octanol–water partition coefficient (Wildman–Crippen LogP) is 4.66. The van der Waals surface area contributed by atoms with Crippen LogP contribution in [0.25, 0.3) is 0 Å². The molecule has 0 saturated carbocycles. The molecular formula is C21H24BrN3O2S. The SMILES string of the molecule is Cc1cc(Br)ccc1SCC(=O)NC1CCN(C(=O)Nc2ccccc2)CC1. The number of piperidine rings is 1. The molecule has 0 radical (unpaired) electrons. The van der Waals surface area contributed by atoms with Crippen LogP contribution in [-0.2, 0) is 4.79 Å². The molecule has 0 aliphatic carbocycles. The normalized spacial score (nSPS) is 14.6. The number of hydrogen-bond donors (Lipinski definition) is 2. The van der Waals surface area contributed by atoms with E-state index in [2.05, 4.69) is 32.6 Å². The quantitative estimate of drug-likeness (QED) is 0.636. The molecular weight excluding hydrogens is 438 g/mol. The lowest BCUT2D eigenvalue weighted by Crippen LogP contribution is -2.48. The van der Waals surface area contributed by atoms with Gasteiger partial charge in [-0.25, -0.2) is 4.79 Å². The third kappa shape index (κ3) is 6.01. The van der Waals surface area contributed by atoms with Gasteiger partial charge in [-0.05, 0) is 55.7 Å². The maximum Gasteiger partial charge on any atom is 0.321 e. The van der Waals surface area contributed by atoms with Crippen molar-refractivity contribution in [2.75, 3.05) is 24.2 Å². The summed E-state index contributed by atoms with van der Waals surface area (Å²) in [5, 5.41) is 6.01. The molecule has 3 amide bonds. The number of anilines is 1. The van der Waals surface area contributed by atoms with E-state index in [0.29, 0.717) is 18.8 Å². The van der Waals surface area contributed by atoms with Crippen molar-refractivity contribution in [1.82, 2.24) is 10.2 Å². The van der Waals surface area contributed by atoms with Crippen LogP contribution < -0.4 is 10.6 Å². The van der Waals surface area contributed by atoms with E-state index in [4.69, 9.17) is 0 Å². The Balaban J connectivity index is 1.40. The summed E-state index contributed by atoms with van der Waals surface area (Å²) in [6.45, 7) is 3.33. The lowest BCUT2D eigenvalue weighted by Gasteiger charge is -2.32. The van der Waals surface area contributed by atoms with Crippen LogP contribution in [0.3, 0.4) is 0 Å². The van der Waals surface area contributed by atoms with Crippen LogP contribution in [0.1, 0.15) is 18.4 Å². The highest BCUT2D eigenvalue weighted by Gasteiger charge is 2.24.